The summed E-state index contributed by atoms with van der Waals surface area (Å²) >= 11 is 6.39. The monoisotopic (exact) mass is 300 g/mol. The van der Waals surface area contributed by atoms with Crippen molar-refractivity contribution in [3.63, 3.8) is 0 Å². The average Bonchev–Trinajstić information content (AvgIpc) is 2.73. The molecule has 0 fully saturated rings. The maximum Gasteiger partial charge on any atom is 0.101 e. The quantitative estimate of drug-likeness (QED) is 0.721. The van der Waals surface area contributed by atoms with Crippen LogP contribution in [-0.2, 0) is 6.42 Å². The van der Waals surface area contributed by atoms with Crippen LogP contribution in [0.5, 0.6) is 0 Å². The third-order valence-electron chi connectivity index (χ3n) is 3.84. The van der Waals surface area contributed by atoms with Crippen molar-refractivity contribution in [1.29, 1.82) is 5.26 Å². The summed E-state index contributed by atoms with van der Waals surface area (Å²) in [5, 5.41) is 9.48. The van der Waals surface area contributed by atoms with Gasteiger partial charge in [-0.1, -0.05) is 25.5 Å². The van der Waals surface area contributed by atoms with Gasteiger partial charge in [-0.25, -0.2) is 0 Å². The second-order valence-corrected chi connectivity index (χ2v) is 6.07. The first-order chi connectivity index (χ1) is 10.1. The van der Waals surface area contributed by atoms with Crippen molar-refractivity contribution in [2.75, 3.05) is 0 Å². The molecule has 0 aliphatic carbocycles. The molecular weight excluding hydrogens is 280 g/mol. The molecule has 2 nitrogen and oxygen atoms in total. The zero-order chi connectivity index (χ0) is 15.4. The Morgan fingerprint density at radius 2 is 2.00 bits per heavy atom. The standard InChI is InChI=1S/C18H21ClN2/c1-4-7-17(19)11-16-10-13(2)21(14(16)3)18-9-6-5-8-15(18)12-20/h5-6,8-10,17H,4,7,11H2,1-3H3. The second kappa shape index (κ2) is 6.83. The highest BCUT2D eigenvalue weighted by Crippen LogP contribution is 2.25. The van der Waals surface area contributed by atoms with Crippen molar-refractivity contribution in [1.82, 2.24) is 4.57 Å². The van der Waals surface area contributed by atoms with E-state index in [0.717, 1.165) is 30.6 Å². The van der Waals surface area contributed by atoms with Crippen LogP contribution in [0.1, 0.15) is 42.3 Å². The molecule has 1 unspecified atom stereocenters. The van der Waals surface area contributed by atoms with Gasteiger partial charge in [0.15, 0.2) is 0 Å². The van der Waals surface area contributed by atoms with E-state index < -0.39 is 0 Å². The molecule has 1 atom stereocenters. The molecule has 0 saturated carbocycles. The van der Waals surface area contributed by atoms with Crippen LogP contribution in [0.3, 0.4) is 0 Å². The topological polar surface area (TPSA) is 28.7 Å². The highest BCUT2D eigenvalue weighted by molar-refractivity contribution is 6.20. The maximum atomic E-state index is 9.30. The highest BCUT2D eigenvalue weighted by Gasteiger charge is 2.15. The van der Waals surface area contributed by atoms with Crippen LogP contribution < -0.4 is 0 Å². The van der Waals surface area contributed by atoms with Gasteiger partial charge >= 0.3 is 0 Å². The summed E-state index contributed by atoms with van der Waals surface area (Å²) in [5.74, 6) is 0. The SMILES string of the molecule is CCCC(Cl)Cc1cc(C)n(-c2ccccc2C#N)c1C. The lowest BCUT2D eigenvalue weighted by atomic mass is 10.1. The Hall–Kier alpha value is -1.72. The minimum absolute atomic E-state index is 0.176. The van der Waals surface area contributed by atoms with Crippen molar-refractivity contribution in [3.05, 3.63) is 52.8 Å². The van der Waals surface area contributed by atoms with Gasteiger partial charge < -0.3 is 4.57 Å². The first-order valence-electron chi connectivity index (χ1n) is 7.39. The number of hydrogen-bond acceptors (Lipinski definition) is 1. The molecule has 0 aliphatic heterocycles. The molecule has 0 radical (unpaired) electrons. The van der Waals surface area contributed by atoms with Crippen molar-refractivity contribution < 1.29 is 0 Å². The summed E-state index contributed by atoms with van der Waals surface area (Å²) in [6.07, 6.45) is 3.01. The zero-order valence-electron chi connectivity index (χ0n) is 12.9. The largest absolute Gasteiger partial charge is 0.317 e. The second-order valence-electron chi connectivity index (χ2n) is 5.45. The number of benzene rings is 1. The summed E-state index contributed by atoms with van der Waals surface area (Å²) in [4.78, 5) is 0. The van der Waals surface area contributed by atoms with E-state index in [9.17, 15) is 5.26 Å². The molecule has 0 amide bonds. The molecule has 21 heavy (non-hydrogen) atoms. The van der Waals surface area contributed by atoms with E-state index in [0.29, 0.717) is 5.56 Å². The first kappa shape index (κ1) is 15.7. The van der Waals surface area contributed by atoms with E-state index in [1.165, 1.54) is 11.3 Å². The first-order valence-corrected chi connectivity index (χ1v) is 7.83. The van der Waals surface area contributed by atoms with Gasteiger partial charge in [0, 0.05) is 16.8 Å². The molecule has 0 aliphatic rings. The Balaban J connectivity index is 2.42. The number of hydrogen-bond donors (Lipinski definition) is 0. The highest BCUT2D eigenvalue weighted by atomic mass is 35.5. The number of nitriles is 1. The average molecular weight is 301 g/mol. The number of alkyl halides is 1. The number of para-hydroxylation sites is 1. The van der Waals surface area contributed by atoms with Gasteiger partial charge in [-0.05, 0) is 50.5 Å². The Bertz CT molecular complexity index is 664. The van der Waals surface area contributed by atoms with Gasteiger partial charge in [-0.3, -0.25) is 0 Å². The maximum absolute atomic E-state index is 9.30. The van der Waals surface area contributed by atoms with Gasteiger partial charge in [-0.15, -0.1) is 11.6 Å². The third kappa shape index (κ3) is 3.31. The van der Waals surface area contributed by atoms with Crippen LogP contribution in [0, 0.1) is 25.2 Å². The predicted octanol–water partition coefficient (Wildman–Crippen LogP) is 4.92. The van der Waals surface area contributed by atoms with Gasteiger partial charge in [0.2, 0.25) is 0 Å². The Morgan fingerprint density at radius 1 is 1.29 bits per heavy atom. The minimum atomic E-state index is 0.176. The normalized spacial score (nSPS) is 12.1. The Labute approximate surface area is 132 Å². The van der Waals surface area contributed by atoms with E-state index in [1.807, 2.05) is 24.3 Å². The van der Waals surface area contributed by atoms with E-state index in [-0.39, 0.29) is 5.38 Å². The molecule has 110 valence electrons. The smallest absolute Gasteiger partial charge is 0.101 e. The van der Waals surface area contributed by atoms with E-state index in [2.05, 4.69) is 37.5 Å². The number of nitrogens with zero attached hydrogens (tertiary/aromatic N) is 2. The van der Waals surface area contributed by atoms with E-state index in [4.69, 9.17) is 11.6 Å². The summed E-state index contributed by atoms with van der Waals surface area (Å²) in [6, 6.07) is 12.2. The molecule has 1 aromatic heterocycles. The van der Waals surface area contributed by atoms with Gasteiger partial charge in [0.05, 0.1) is 11.3 Å². The van der Waals surface area contributed by atoms with Gasteiger partial charge in [-0.2, -0.15) is 5.26 Å². The molecule has 0 spiro atoms. The number of aryl methyl sites for hydroxylation is 1. The molecule has 1 aromatic carbocycles. The van der Waals surface area contributed by atoms with Crippen molar-refractivity contribution in [2.24, 2.45) is 0 Å². The fourth-order valence-electron chi connectivity index (χ4n) is 2.82. The summed E-state index contributed by atoms with van der Waals surface area (Å²) in [5.41, 5.74) is 5.24. The third-order valence-corrected chi connectivity index (χ3v) is 4.22. The molecule has 3 heteroatoms. The molecule has 0 saturated heterocycles. The molecule has 1 heterocycles. The minimum Gasteiger partial charge on any atom is -0.317 e. The molecule has 0 bridgehead atoms. The molecule has 0 N–H and O–H groups in total. The van der Waals surface area contributed by atoms with Crippen LogP contribution in [0.4, 0.5) is 0 Å². The van der Waals surface area contributed by atoms with Crippen LogP contribution in [0.15, 0.2) is 30.3 Å². The lowest BCUT2D eigenvalue weighted by Crippen LogP contribution is -2.05. The number of rotatable bonds is 5. The number of aromatic nitrogens is 1. The zero-order valence-corrected chi connectivity index (χ0v) is 13.6. The van der Waals surface area contributed by atoms with Crippen LogP contribution in [0.2, 0.25) is 0 Å². The molecular formula is C18H21ClN2. The Morgan fingerprint density at radius 3 is 2.67 bits per heavy atom. The molecule has 2 aromatic rings. The van der Waals surface area contributed by atoms with Crippen LogP contribution in [0.25, 0.3) is 5.69 Å². The van der Waals surface area contributed by atoms with Gasteiger partial charge in [0.1, 0.15) is 6.07 Å². The van der Waals surface area contributed by atoms with Crippen molar-refractivity contribution in [3.8, 4) is 11.8 Å². The van der Waals surface area contributed by atoms with Gasteiger partial charge in [0.25, 0.3) is 0 Å². The lowest BCUT2D eigenvalue weighted by Gasteiger charge is -2.12. The van der Waals surface area contributed by atoms with Crippen LogP contribution >= 0.6 is 11.6 Å². The number of halogens is 1. The fraction of sp³-hybridized carbons (Fsp3) is 0.389. The summed E-state index contributed by atoms with van der Waals surface area (Å²) in [7, 11) is 0. The summed E-state index contributed by atoms with van der Waals surface area (Å²) in [6.45, 7) is 6.33. The van der Waals surface area contributed by atoms with Crippen molar-refractivity contribution >= 4 is 11.6 Å². The predicted molar refractivity (Wildman–Crippen MR) is 88.2 cm³/mol. The van der Waals surface area contributed by atoms with Crippen LogP contribution in [-0.4, -0.2) is 9.94 Å². The summed E-state index contributed by atoms with van der Waals surface area (Å²) < 4.78 is 2.16. The fourth-order valence-corrected chi connectivity index (χ4v) is 3.21. The van der Waals surface area contributed by atoms with E-state index in [1.54, 1.807) is 0 Å². The molecule has 2 rings (SSSR count). The van der Waals surface area contributed by atoms with E-state index >= 15 is 0 Å². The Kier molecular flexibility index (Phi) is 5.09. The van der Waals surface area contributed by atoms with Crippen molar-refractivity contribution in [2.45, 2.75) is 45.4 Å². The lowest BCUT2D eigenvalue weighted by molar-refractivity contribution is 0.723.